The molecule has 0 aromatic heterocycles. The van der Waals surface area contributed by atoms with Crippen molar-refractivity contribution in [2.45, 2.75) is 30.7 Å². The number of rotatable bonds is 7. The number of nitrogens with two attached hydrogens (primary N) is 1. The summed E-state index contributed by atoms with van der Waals surface area (Å²) in [4.78, 5) is 11.9. The van der Waals surface area contributed by atoms with E-state index in [4.69, 9.17) is 5.73 Å². The van der Waals surface area contributed by atoms with Crippen molar-refractivity contribution >= 4 is 26.7 Å². The highest BCUT2D eigenvalue weighted by atomic mass is 32.2. The molecule has 2 rings (SSSR count). The summed E-state index contributed by atoms with van der Waals surface area (Å²) in [5, 5.41) is 4.50. The molecule has 0 radical (unpaired) electrons. The number of sulfonamides is 1. The fraction of sp³-hybridized carbons (Fsp3) is 0.353. The molecule has 24 heavy (non-hydrogen) atoms. The monoisotopic (exact) mass is 349 g/mol. The van der Waals surface area contributed by atoms with Crippen molar-refractivity contribution in [1.82, 2.24) is 10.0 Å². The van der Waals surface area contributed by atoms with Crippen LogP contribution in [0.1, 0.15) is 20.3 Å². The van der Waals surface area contributed by atoms with Crippen LogP contribution in [0.3, 0.4) is 0 Å². The second-order valence-corrected chi connectivity index (χ2v) is 8.19. The minimum absolute atomic E-state index is 0.0337. The van der Waals surface area contributed by atoms with Gasteiger partial charge in [0.1, 0.15) is 0 Å². The lowest BCUT2D eigenvalue weighted by molar-refractivity contribution is -0.121. The van der Waals surface area contributed by atoms with Crippen LogP contribution in [-0.4, -0.2) is 33.0 Å². The van der Waals surface area contributed by atoms with E-state index in [-0.39, 0.29) is 23.8 Å². The van der Waals surface area contributed by atoms with Gasteiger partial charge in [-0.25, -0.2) is 13.1 Å². The number of benzene rings is 2. The average molecular weight is 349 g/mol. The highest BCUT2D eigenvalue weighted by molar-refractivity contribution is 7.89. The zero-order valence-electron chi connectivity index (χ0n) is 13.9. The number of carbonyl (C=O) groups is 1. The molecule has 0 aliphatic carbocycles. The molecule has 0 saturated heterocycles. The molecular weight excluding hydrogens is 326 g/mol. The van der Waals surface area contributed by atoms with Crippen LogP contribution in [0.5, 0.6) is 0 Å². The molecule has 0 aliphatic rings. The summed E-state index contributed by atoms with van der Waals surface area (Å²) in [5.41, 5.74) is 5.28. The van der Waals surface area contributed by atoms with Crippen LogP contribution in [0, 0.1) is 0 Å². The number of nitrogens with one attached hydrogen (secondary N) is 2. The summed E-state index contributed by atoms with van der Waals surface area (Å²) in [6, 6.07) is 12.5. The van der Waals surface area contributed by atoms with Gasteiger partial charge in [0.25, 0.3) is 0 Å². The number of amides is 1. The Labute approximate surface area is 142 Å². The molecule has 1 amide bonds. The van der Waals surface area contributed by atoms with Gasteiger partial charge in [-0.05, 0) is 36.8 Å². The van der Waals surface area contributed by atoms with E-state index in [1.165, 1.54) is 0 Å². The molecule has 2 aromatic rings. The van der Waals surface area contributed by atoms with E-state index in [2.05, 4.69) is 10.0 Å². The molecule has 0 atom stereocenters. The van der Waals surface area contributed by atoms with E-state index in [0.717, 1.165) is 10.8 Å². The third-order valence-corrected chi connectivity index (χ3v) is 4.88. The maximum atomic E-state index is 12.3. The van der Waals surface area contributed by atoms with Gasteiger partial charge in [-0.1, -0.05) is 30.3 Å². The Balaban J connectivity index is 1.94. The summed E-state index contributed by atoms with van der Waals surface area (Å²) in [7, 11) is -3.65. The number of carbonyl (C=O) groups excluding carboxylic acids is 1. The summed E-state index contributed by atoms with van der Waals surface area (Å²) < 4.78 is 27.1. The first-order chi connectivity index (χ1) is 11.2. The Hall–Kier alpha value is -1.96. The predicted molar refractivity (Wildman–Crippen MR) is 95.0 cm³/mol. The van der Waals surface area contributed by atoms with Crippen molar-refractivity contribution in [1.29, 1.82) is 0 Å². The van der Waals surface area contributed by atoms with Gasteiger partial charge < -0.3 is 11.1 Å². The molecule has 0 bridgehead atoms. The molecule has 0 heterocycles. The van der Waals surface area contributed by atoms with E-state index in [9.17, 15) is 13.2 Å². The number of fused-ring (bicyclic) bond motifs is 1. The summed E-state index contributed by atoms with van der Waals surface area (Å²) in [6.07, 6.45) is 0.0584. The van der Waals surface area contributed by atoms with Crippen LogP contribution in [0.4, 0.5) is 0 Å². The van der Waals surface area contributed by atoms with Gasteiger partial charge >= 0.3 is 0 Å². The lowest BCUT2D eigenvalue weighted by atomic mass is 10.1. The quantitative estimate of drug-likeness (QED) is 0.702. The molecule has 0 spiro atoms. The van der Waals surface area contributed by atoms with E-state index >= 15 is 0 Å². The van der Waals surface area contributed by atoms with Crippen LogP contribution in [-0.2, 0) is 14.8 Å². The van der Waals surface area contributed by atoms with Crippen molar-refractivity contribution in [2.24, 2.45) is 5.73 Å². The standard InChI is InChI=1S/C17H23N3O3S/c1-17(2,18)12-19-16(21)9-10-20-24(22,23)15-8-7-13-5-3-4-6-14(13)11-15/h3-8,11,20H,9-10,12,18H2,1-2H3,(H,19,21). The lowest BCUT2D eigenvalue weighted by Gasteiger charge is -2.18. The second kappa shape index (κ2) is 7.29. The Morgan fingerprint density at radius 2 is 1.79 bits per heavy atom. The van der Waals surface area contributed by atoms with Crippen molar-refractivity contribution in [3.8, 4) is 0 Å². The van der Waals surface area contributed by atoms with Crippen molar-refractivity contribution in [3.63, 3.8) is 0 Å². The zero-order valence-corrected chi connectivity index (χ0v) is 14.7. The molecular formula is C17H23N3O3S. The van der Waals surface area contributed by atoms with E-state index in [1.54, 1.807) is 32.0 Å². The molecule has 4 N–H and O–H groups in total. The maximum Gasteiger partial charge on any atom is 0.240 e. The molecule has 0 unspecified atom stereocenters. The topological polar surface area (TPSA) is 101 Å². The van der Waals surface area contributed by atoms with Gasteiger partial charge in [0, 0.05) is 25.0 Å². The third kappa shape index (κ3) is 5.30. The second-order valence-electron chi connectivity index (χ2n) is 6.42. The highest BCUT2D eigenvalue weighted by Crippen LogP contribution is 2.18. The van der Waals surface area contributed by atoms with Gasteiger partial charge in [-0.2, -0.15) is 0 Å². The van der Waals surface area contributed by atoms with Gasteiger partial charge in [-0.15, -0.1) is 0 Å². The predicted octanol–water partition coefficient (Wildman–Crippen LogP) is 1.36. The first-order valence-electron chi connectivity index (χ1n) is 7.71. The summed E-state index contributed by atoms with van der Waals surface area (Å²) >= 11 is 0. The molecule has 6 nitrogen and oxygen atoms in total. The smallest absolute Gasteiger partial charge is 0.240 e. The molecule has 7 heteroatoms. The largest absolute Gasteiger partial charge is 0.354 e. The van der Waals surface area contributed by atoms with Crippen molar-refractivity contribution in [3.05, 3.63) is 42.5 Å². The maximum absolute atomic E-state index is 12.3. The SMILES string of the molecule is CC(C)(N)CNC(=O)CCNS(=O)(=O)c1ccc2ccccc2c1. The Kier molecular flexibility index (Phi) is 5.58. The molecule has 2 aromatic carbocycles. The Morgan fingerprint density at radius 1 is 1.12 bits per heavy atom. The molecule has 0 aliphatic heterocycles. The number of hydrogen-bond acceptors (Lipinski definition) is 4. The average Bonchev–Trinajstić information content (AvgIpc) is 2.51. The molecule has 130 valence electrons. The van der Waals surface area contributed by atoms with Gasteiger partial charge in [-0.3, -0.25) is 4.79 Å². The van der Waals surface area contributed by atoms with Crippen molar-refractivity contribution in [2.75, 3.05) is 13.1 Å². The van der Waals surface area contributed by atoms with E-state index < -0.39 is 15.6 Å². The first-order valence-corrected chi connectivity index (χ1v) is 9.20. The van der Waals surface area contributed by atoms with Gasteiger partial charge in [0.2, 0.25) is 15.9 Å². The fourth-order valence-electron chi connectivity index (χ4n) is 2.13. The zero-order chi connectivity index (χ0) is 17.8. The molecule has 0 fully saturated rings. The minimum atomic E-state index is -3.65. The number of hydrogen-bond donors (Lipinski definition) is 3. The van der Waals surface area contributed by atoms with Gasteiger partial charge in [0.05, 0.1) is 4.90 Å². The normalized spacial score (nSPS) is 12.3. The van der Waals surface area contributed by atoms with E-state index in [1.807, 2.05) is 24.3 Å². The third-order valence-electron chi connectivity index (χ3n) is 3.42. The summed E-state index contributed by atoms with van der Waals surface area (Å²) in [5.74, 6) is -0.241. The Morgan fingerprint density at radius 3 is 2.46 bits per heavy atom. The van der Waals surface area contributed by atoms with Crippen LogP contribution < -0.4 is 15.8 Å². The van der Waals surface area contributed by atoms with Crippen molar-refractivity contribution < 1.29 is 13.2 Å². The fourth-order valence-corrected chi connectivity index (χ4v) is 3.20. The Bertz CT molecular complexity index is 826. The highest BCUT2D eigenvalue weighted by Gasteiger charge is 2.16. The summed E-state index contributed by atoms with van der Waals surface area (Å²) in [6.45, 7) is 3.97. The first kappa shape index (κ1) is 18.4. The van der Waals surface area contributed by atoms with Crippen LogP contribution in [0.25, 0.3) is 10.8 Å². The van der Waals surface area contributed by atoms with Crippen LogP contribution >= 0.6 is 0 Å². The van der Waals surface area contributed by atoms with E-state index in [0.29, 0.717) is 6.54 Å². The lowest BCUT2D eigenvalue weighted by Crippen LogP contribution is -2.45. The van der Waals surface area contributed by atoms with Crippen LogP contribution in [0.2, 0.25) is 0 Å². The van der Waals surface area contributed by atoms with Gasteiger partial charge in [0.15, 0.2) is 0 Å². The molecule has 0 saturated carbocycles. The van der Waals surface area contributed by atoms with Crippen LogP contribution in [0.15, 0.2) is 47.4 Å². The minimum Gasteiger partial charge on any atom is -0.354 e.